The second-order valence-corrected chi connectivity index (χ2v) is 5.58. The Kier molecular flexibility index (Phi) is 6.74. The predicted octanol–water partition coefficient (Wildman–Crippen LogP) is 1.96. The molecule has 2 amide bonds. The summed E-state index contributed by atoms with van der Waals surface area (Å²) in [5, 5.41) is 9.74. The number of rotatable bonds is 8. The maximum Gasteiger partial charge on any atom is 0.239 e. The van der Waals surface area contributed by atoms with Gasteiger partial charge in [-0.3, -0.25) is 9.59 Å². The summed E-state index contributed by atoms with van der Waals surface area (Å²) >= 11 is 5.83. The Hall–Kier alpha value is -2.41. The number of hydrogen-bond donors (Lipinski definition) is 2. The van der Waals surface area contributed by atoms with Crippen molar-refractivity contribution in [3.8, 4) is 11.4 Å². The lowest BCUT2D eigenvalue weighted by Gasteiger charge is -2.04. The second-order valence-electron chi connectivity index (χ2n) is 5.15. The molecule has 0 spiro atoms. The molecule has 0 atom stereocenters. The van der Waals surface area contributed by atoms with E-state index in [4.69, 9.17) is 16.1 Å². The monoisotopic (exact) mass is 350 g/mol. The molecule has 0 fully saturated rings. The zero-order chi connectivity index (χ0) is 17.4. The van der Waals surface area contributed by atoms with Crippen LogP contribution in [0.15, 0.2) is 28.8 Å². The standard InChI is InChI=1S/C16H19ClN4O3/c1-2-9-18-14(23)10-19-13(22)7-8-15-20-16(21-24-15)11-3-5-12(17)6-4-11/h3-6H,2,7-10H2,1H3,(H,18,23)(H,19,22). The van der Waals surface area contributed by atoms with Crippen LogP contribution in [0.3, 0.4) is 0 Å². The Labute approximate surface area is 144 Å². The van der Waals surface area contributed by atoms with Crippen molar-refractivity contribution in [2.45, 2.75) is 26.2 Å². The van der Waals surface area contributed by atoms with E-state index in [0.29, 0.717) is 29.7 Å². The zero-order valence-corrected chi connectivity index (χ0v) is 14.1. The Morgan fingerprint density at radius 3 is 2.62 bits per heavy atom. The maximum atomic E-state index is 11.7. The van der Waals surface area contributed by atoms with Crippen molar-refractivity contribution in [3.63, 3.8) is 0 Å². The summed E-state index contributed by atoms with van der Waals surface area (Å²) in [6, 6.07) is 7.06. The number of nitrogens with zero attached hydrogens (tertiary/aromatic N) is 2. The van der Waals surface area contributed by atoms with Crippen LogP contribution in [0, 0.1) is 0 Å². The normalized spacial score (nSPS) is 10.4. The van der Waals surface area contributed by atoms with E-state index >= 15 is 0 Å². The van der Waals surface area contributed by atoms with Gasteiger partial charge in [0, 0.05) is 30.0 Å². The number of amides is 2. The summed E-state index contributed by atoms with van der Waals surface area (Å²) in [7, 11) is 0. The minimum atomic E-state index is -0.243. The van der Waals surface area contributed by atoms with Crippen LogP contribution < -0.4 is 10.6 Å². The van der Waals surface area contributed by atoms with Crippen molar-refractivity contribution < 1.29 is 14.1 Å². The van der Waals surface area contributed by atoms with Gasteiger partial charge in [0.1, 0.15) is 0 Å². The first kappa shape index (κ1) is 17.9. The van der Waals surface area contributed by atoms with Gasteiger partial charge in [-0.25, -0.2) is 0 Å². The predicted molar refractivity (Wildman–Crippen MR) is 89.4 cm³/mol. The molecule has 0 saturated heterocycles. The number of aromatic nitrogens is 2. The van der Waals surface area contributed by atoms with Crippen molar-refractivity contribution in [2.75, 3.05) is 13.1 Å². The number of carbonyl (C=O) groups is 2. The fraction of sp³-hybridized carbons (Fsp3) is 0.375. The number of halogens is 1. The topological polar surface area (TPSA) is 97.1 Å². The Balaban J connectivity index is 1.77. The molecular weight excluding hydrogens is 332 g/mol. The summed E-state index contributed by atoms with van der Waals surface area (Å²) < 4.78 is 5.13. The smallest absolute Gasteiger partial charge is 0.239 e. The van der Waals surface area contributed by atoms with Gasteiger partial charge in [0.05, 0.1) is 6.54 Å². The van der Waals surface area contributed by atoms with Crippen molar-refractivity contribution in [1.29, 1.82) is 0 Å². The molecule has 2 rings (SSSR count). The van der Waals surface area contributed by atoms with E-state index in [1.165, 1.54) is 0 Å². The number of carbonyl (C=O) groups excluding carboxylic acids is 2. The third-order valence-corrected chi connectivity index (χ3v) is 3.41. The van der Waals surface area contributed by atoms with Crippen LogP contribution in [0.1, 0.15) is 25.7 Å². The highest BCUT2D eigenvalue weighted by molar-refractivity contribution is 6.30. The average Bonchev–Trinajstić information content (AvgIpc) is 3.06. The molecule has 0 aliphatic carbocycles. The van der Waals surface area contributed by atoms with E-state index in [-0.39, 0.29) is 24.8 Å². The van der Waals surface area contributed by atoms with Crippen LogP contribution in [-0.2, 0) is 16.0 Å². The minimum absolute atomic E-state index is 0.0291. The number of benzene rings is 1. The van der Waals surface area contributed by atoms with E-state index < -0.39 is 0 Å². The summed E-state index contributed by atoms with van der Waals surface area (Å²) in [4.78, 5) is 27.3. The lowest BCUT2D eigenvalue weighted by atomic mass is 10.2. The van der Waals surface area contributed by atoms with Crippen molar-refractivity contribution >= 4 is 23.4 Å². The molecule has 0 aliphatic rings. The highest BCUT2D eigenvalue weighted by atomic mass is 35.5. The molecule has 0 aliphatic heterocycles. The molecule has 1 aromatic carbocycles. The molecule has 0 saturated carbocycles. The molecule has 7 nitrogen and oxygen atoms in total. The maximum absolute atomic E-state index is 11.7. The lowest BCUT2D eigenvalue weighted by Crippen LogP contribution is -2.37. The summed E-state index contributed by atoms with van der Waals surface area (Å²) in [6.45, 7) is 2.53. The van der Waals surface area contributed by atoms with Gasteiger partial charge < -0.3 is 15.2 Å². The van der Waals surface area contributed by atoms with Crippen molar-refractivity contribution in [3.05, 3.63) is 35.2 Å². The van der Waals surface area contributed by atoms with Gasteiger partial charge in [0.25, 0.3) is 0 Å². The van der Waals surface area contributed by atoms with Gasteiger partial charge >= 0.3 is 0 Å². The quantitative estimate of drug-likeness (QED) is 0.758. The largest absolute Gasteiger partial charge is 0.355 e. The van der Waals surface area contributed by atoms with Crippen LogP contribution in [0.5, 0.6) is 0 Å². The highest BCUT2D eigenvalue weighted by Crippen LogP contribution is 2.18. The first-order chi connectivity index (χ1) is 11.6. The fourth-order valence-electron chi connectivity index (χ4n) is 1.89. The SMILES string of the molecule is CCCNC(=O)CNC(=O)CCc1nc(-c2ccc(Cl)cc2)no1. The molecule has 2 aromatic rings. The van der Waals surface area contributed by atoms with Gasteiger partial charge in [-0.05, 0) is 30.7 Å². The van der Waals surface area contributed by atoms with Gasteiger partial charge in [-0.15, -0.1) is 0 Å². The highest BCUT2D eigenvalue weighted by Gasteiger charge is 2.11. The molecular formula is C16H19ClN4O3. The first-order valence-electron chi connectivity index (χ1n) is 7.70. The van der Waals surface area contributed by atoms with Gasteiger partial charge in [-0.1, -0.05) is 23.7 Å². The molecule has 0 bridgehead atoms. The molecule has 24 heavy (non-hydrogen) atoms. The van der Waals surface area contributed by atoms with E-state index in [1.54, 1.807) is 24.3 Å². The van der Waals surface area contributed by atoms with E-state index in [1.807, 2.05) is 6.92 Å². The summed E-state index contributed by atoms with van der Waals surface area (Å²) in [5.74, 6) is 0.368. The third kappa shape index (κ3) is 5.66. The van der Waals surface area contributed by atoms with Crippen LogP contribution in [0.2, 0.25) is 5.02 Å². The van der Waals surface area contributed by atoms with E-state index in [0.717, 1.165) is 12.0 Å². The van der Waals surface area contributed by atoms with Crippen molar-refractivity contribution in [2.24, 2.45) is 0 Å². The zero-order valence-electron chi connectivity index (χ0n) is 13.3. The van der Waals surface area contributed by atoms with Crippen LogP contribution in [0.25, 0.3) is 11.4 Å². The van der Waals surface area contributed by atoms with Gasteiger partial charge in [-0.2, -0.15) is 4.98 Å². The molecule has 128 valence electrons. The number of nitrogens with one attached hydrogen (secondary N) is 2. The van der Waals surface area contributed by atoms with Crippen LogP contribution >= 0.6 is 11.6 Å². The van der Waals surface area contributed by atoms with Gasteiger partial charge in [0.15, 0.2) is 0 Å². The van der Waals surface area contributed by atoms with E-state index in [2.05, 4.69) is 20.8 Å². The second kappa shape index (κ2) is 9.02. The minimum Gasteiger partial charge on any atom is -0.355 e. The van der Waals surface area contributed by atoms with Crippen LogP contribution in [-0.4, -0.2) is 35.0 Å². The average molecular weight is 351 g/mol. The molecule has 8 heteroatoms. The molecule has 0 radical (unpaired) electrons. The molecule has 2 N–H and O–H groups in total. The molecule has 0 unspecified atom stereocenters. The first-order valence-corrected chi connectivity index (χ1v) is 8.08. The van der Waals surface area contributed by atoms with Crippen molar-refractivity contribution in [1.82, 2.24) is 20.8 Å². The van der Waals surface area contributed by atoms with Crippen LogP contribution in [0.4, 0.5) is 0 Å². The number of aryl methyl sites for hydroxylation is 1. The Morgan fingerprint density at radius 1 is 1.17 bits per heavy atom. The lowest BCUT2D eigenvalue weighted by molar-refractivity contribution is -0.126. The third-order valence-electron chi connectivity index (χ3n) is 3.15. The molecule has 1 heterocycles. The molecule has 1 aromatic heterocycles. The Bertz CT molecular complexity index is 685. The fourth-order valence-corrected chi connectivity index (χ4v) is 2.01. The van der Waals surface area contributed by atoms with Gasteiger partial charge in [0.2, 0.25) is 23.5 Å². The Morgan fingerprint density at radius 2 is 1.92 bits per heavy atom. The summed E-state index contributed by atoms with van der Waals surface area (Å²) in [6.07, 6.45) is 1.33. The van der Waals surface area contributed by atoms with E-state index in [9.17, 15) is 9.59 Å². The summed E-state index contributed by atoms with van der Waals surface area (Å²) in [5.41, 5.74) is 0.784. The number of hydrogen-bond acceptors (Lipinski definition) is 5.